The van der Waals surface area contributed by atoms with Gasteiger partial charge >= 0.3 is 5.97 Å². The second-order valence-corrected chi connectivity index (χ2v) is 7.14. The fourth-order valence-electron chi connectivity index (χ4n) is 2.29. The molecule has 0 bridgehead atoms. The number of nitrogens with zero attached hydrogens (tertiary/aromatic N) is 1. The molecule has 5 nitrogen and oxygen atoms in total. The average molecular weight is 347 g/mol. The third-order valence-corrected chi connectivity index (χ3v) is 5.46. The van der Waals surface area contributed by atoms with E-state index in [1.165, 1.54) is 35.7 Å². The molecule has 0 aliphatic carbocycles. The zero-order chi connectivity index (χ0) is 17.6. The van der Waals surface area contributed by atoms with Gasteiger partial charge in [0.2, 0.25) is 0 Å². The molecule has 0 atom stereocenters. The van der Waals surface area contributed by atoms with E-state index in [9.17, 15) is 13.2 Å². The highest BCUT2D eigenvalue weighted by Gasteiger charge is 2.24. The first-order valence-electron chi connectivity index (χ1n) is 7.77. The number of para-hydroxylation sites is 1. The monoisotopic (exact) mass is 347 g/mol. The normalized spacial score (nSPS) is 11.1. The first-order chi connectivity index (χ1) is 11.5. The molecule has 128 valence electrons. The van der Waals surface area contributed by atoms with Gasteiger partial charge in [-0.25, -0.2) is 13.2 Å². The molecule has 0 aromatic heterocycles. The summed E-state index contributed by atoms with van der Waals surface area (Å²) in [5, 5.41) is 0. The van der Waals surface area contributed by atoms with E-state index in [2.05, 4.69) is 4.74 Å². The van der Waals surface area contributed by atoms with Crippen molar-refractivity contribution in [3.63, 3.8) is 0 Å². The van der Waals surface area contributed by atoms with Crippen molar-refractivity contribution >= 4 is 21.7 Å². The van der Waals surface area contributed by atoms with Crippen LogP contribution in [0, 0.1) is 0 Å². The van der Waals surface area contributed by atoms with Crippen molar-refractivity contribution in [3.8, 4) is 0 Å². The molecule has 0 unspecified atom stereocenters. The summed E-state index contributed by atoms with van der Waals surface area (Å²) in [5.41, 5.74) is 0.944. The van der Waals surface area contributed by atoms with Crippen LogP contribution in [0.2, 0.25) is 0 Å². The van der Waals surface area contributed by atoms with Gasteiger partial charge in [0.05, 0.1) is 23.3 Å². The summed E-state index contributed by atoms with van der Waals surface area (Å²) in [6.07, 6.45) is 1.65. The van der Waals surface area contributed by atoms with Crippen LogP contribution in [0.4, 0.5) is 5.69 Å². The SMILES string of the molecule is CCCCN(c1ccccc1)S(=O)(=O)c1ccc(C(=O)OC)cc1. The van der Waals surface area contributed by atoms with Gasteiger partial charge in [-0.15, -0.1) is 0 Å². The lowest BCUT2D eigenvalue weighted by atomic mass is 10.2. The number of hydrogen-bond donors (Lipinski definition) is 0. The Kier molecular flexibility index (Phi) is 5.98. The first-order valence-corrected chi connectivity index (χ1v) is 9.21. The average Bonchev–Trinajstić information content (AvgIpc) is 2.62. The standard InChI is InChI=1S/C18H21NO4S/c1-3-4-14-19(16-8-6-5-7-9-16)24(21,22)17-12-10-15(11-13-17)18(20)23-2/h5-13H,3-4,14H2,1-2H3. The van der Waals surface area contributed by atoms with Crippen molar-refractivity contribution in [2.75, 3.05) is 18.0 Å². The van der Waals surface area contributed by atoms with E-state index in [-0.39, 0.29) is 4.90 Å². The summed E-state index contributed by atoms with van der Waals surface area (Å²) >= 11 is 0. The number of unbranched alkanes of at least 4 members (excludes halogenated alkanes) is 1. The molecule has 2 aromatic rings. The minimum Gasteiger partial charge on any atom is -0.465 e. The molecule has 0 heterocycles. The van der Waals surface area contributed by atoms with Crippen LogP contribution in [0.1, 0.15) is 30.1 Å². The molecule has 0 spiro atoms. The van der Waals surface area contributed by atoms with Gasteiger partial charge in [-0.1, -0.05) is 31.5 Å². The van der Waals surface area contributed by atoms with Crippen LogP contribution in [-0.2, 0) is 14.8 Å². The molecule has 2 aromatic carbocycles. The van der Waals surface area contributed by atoms with Crippen LogP contribution in [0.5, 0.6) is 0 Å². The molecule has 0 aliphatic rings. The molecule has 0 amide bonds. The van der Waals surface area contributed by atoms with Crippen molar-refractivity contribution < 1.29 is 17.9 Å². The van der Waals surface area contributed by atoms with Gasteiger partial charge in [-0.3, -0.25) is 4.31 Å². The Hall–Kier alpha value is -2.34. The maximum absolute atomic E-state index is 13.0. The number of esters is 1. The van der Waals surface area contributed by atoms with Gasteiger partial charge < -0.3 is 4.74 Å². The number of carbonyl (C=O) groups excluding carboxylic acids is 1. The zero-order valence-corrected chi connectivity index (χ0v) is 14.6. The molecular weight excluding hydrogens is 326 g/mol. The third-order valence-electron chi connectivity index (χ3n) is 3.62. The number of carbonyl (C=O) groups is 1. The van der Waals surface area contributed by atoms with Gasteiger partial charge in [-0.05, 0) is 42.8 Å². The molecule has 0 N–H and O–H groups in total. The first kappa shape index (κ1) is 18.0. The summed E-state index contributed by atoms with van der Waals surface area (Å²) in [6, 6.07) is 14.8. The third kappa shape index (κ3) is 3.94. The van der Waals surface area contributed by atoms with E-state index in [0.29, 0.717) is 17.8 Å². The van der Waals surface area contributed by atoms with Gasteiger partial charge in [-0.2, -0.15) is 0 Å². The second-order valence-electron chi connectivity index (χ2n) is 5.28. The summed E-state index contributed by atoms with van der Waals surface area (Å²) in [7, 11) is -2.41. The van der Waals surface area contributed by atoms with Crippen LogP contribution in [0.3, 0.4) is 0 Å². The van der Waals surface area contributed by atoms with Crippen molar-refractivity contribution in [3.05, 3.63) is 60.2 Å². The Bertz CT molecular complexity index is 770. The van der Waals surface area contributed by atoms with Crippen molar-refractivity contribution in [2.45, 2.75) is 24.7 Å². The number of benzene rings is 2. The zero-order valence-electron chi connectivity index (χ0n) is 13.8. The molecule has 0 saturated heterocycles. The molecule has 0 aliphatic heterocycles. The summed E-state index contributed by atoms with van der Waals surface area (Å²) in [6.45, 7) is 2.42. The molecule has 6 heteroatoms. The Balaban J connectivity index is 2.38. The summed E-state index contributed by atoms with van der Waals surface area (Å²) in [4.78, 5) is 11.6. The van der Waals surface area contributed by atoms with E-state index in [1.54, 1.807) is 12.1 Å². The lowest BCUT2D eigenvalue weighted by Crippen LogP contribution is -2.32. The smallest absolute Gasteiger partial charge is 0.337 e. The molecule has 0 saturated carbocycles. The second kappa shape index (κ2) is 7.97. The maximum Gasteiger partial charge on any atom is 0.337 e. The van der Waals surface area contributed by atoms with E-state index in [0.717, 1.165) is 12.8 Å². The number of sulfonamides is 1. The van der Waals surface area contributed by atoms with Crippen molar-refractivity contribution in [1.82, 2.24) is 0 Å². The molecule has 0 fully saturated rings. The highest BCUT2D eigenvalue weighted by molar-refractivity contribution is 7.92. The van der Waals surface area contributed by atoms with Crippen LogP contribution >= 0.6 is 0 Å². The minimum atomic E-state index is -3.69. The highest BCUT2D eigenvalue weighted by Crippen LogP contribution is 2.24. The quantitative estimate of drug-likeness (QED) is 0.720. The Labute approximate surface area is 142 Å². The number of anilines is 1. The number of hydrogen-bond acceptors (Lipinski definition) is 4. The van der Waals surface area contributed by atoms with Gasteiger partial charge in [0.25, 0.3) is 10.0 Å². The highest BCUT2D eigenvalue weighted by atomic mass is 32.2. The van der Waals surface area contributed by atoms with E-state index in [4.69, 9.17) is 0 Å². The minimum absolute atomic E-state index is 0.148. The molecular formula is C18H21NO4S. The van der Waals surface area contributed by atoms with E-state index >= 15 is 0 Å². The van der Waals surface area contributed by atoms with Gasteiger partial charge in [0.1, 0.15) is 0 Å². The Morgan fingerprint density at radius 1 is 1.04 bits per heavy atom. The molecule has 0 radical (unpaired) electrons. The Morgan fingerprint density at radius 2 is 1.67 bits per heavy atom. The lowest BCUT2D eigenvalue weighted by Gasteiger charge is -2.24. The van der Waals surface area contributed by atoms with Crippen LogP contribution in [0.15, 0.2) is 59.5 Å². The molecule has 24 heavy (non-hydrogen) atoms. The van der Waals surface area contributed by atoms with Crippen LogP contribution in [-0.4, -0.2) is 28.0 Å². The topological polar surface area (TPSA) is 63.7 Å². The van der Waals surface area contributed by atoms with Crippen molar-refractivity contribution in [1.29, 1.82) is 0 Å². The lowest BCUT2D eigenvalue weighted by molar-refractivity contribution is 0.0600. The number of ether oxygens (including phenoxy) is 1. The van der Waals surface area contributed by atoms with Crippen LogP contribution < -0.4 is 4.31 Å². The largest absolute Gasteiger partial charge is 0.465 e. The summed E-state index contributed by atoms with van der Waals surface area (Å²) in [5.74, 6) is -0.496. The molecule has 2 rings (SSSR count). The predicted molar refractivity (Wildman–Crippen MR) is 93.7 cm³/mol. The van der Waals surface area contributed by atoms with E-state index in [1.807, 2.05) is 25.1 Å². The van der Waals surface area contributed by atoms with Gasteiger partial charge in [0, 0.05) is 6.54 Å². The fraction of sp³-hybridized carbons (Fsp3) is 0.278. The number of methoxy groups -OCH3 is 1. The summed E-state index contributed by atoms with van der Waals surface area (Å²) < 4.78 is 32.0. The van der Waals surface area contributed by atoms with Crippen LogP contribution in [0.25, 0.3) is 0 Å². The van der Waals surface area contributed by atoms with Crippen molar-refractivity contribution in [2.24, 2.45) is 0 Å². The number of rotatable bonds is 7. The maximum atomic E-state index is 13.0. The van der Waals surface area contributed by atoms with Gasteiger partial charge in [0.15, 0.2) is 0 Å². The fourth-order valence-corrected chi connectivity index (χ4v) is 3.80. The Morgan fingerprint density at radius 3 is 2.21 bits per heavy atom. The predicted octanol–water partition coefficient (Wildman–Crippen LogP) is 3.47. The van der Waals surface area contributed by atoms with E-state index < -0.39 is 16.0 Å².